The topological polar surface area (TPSA) is 95.4 Å². The van der Waals surface area contributed by atoms with Crippen LogP contribution in [0.1, 0.15) is 23.0 Å². The summed E-state index contributed by atoms with van der Waals surface area (Å²) in [6.07, 6.45) is 0.775. The number of piperazine rings is 1. The number of rotatable bonds is 9. The van der Waals surface area contributed by atoms with Gasteiger partial charge in [-0.3, -0.25) is 14.5 Å². The first-order valence-corrected chi connectivity index (χ1v) is 10.3. The number of carbonyl (C=O) groups is 2. The molecule has 2 heterocycles. The number of benzene rings is 1. The smallest absolute Gasteiger partial charge is 0.349 e. The summed E-state index contributed by atoms with van der Waals surface area (Å²) in [6, 6.07) is 4.72. The van der Waals surface area contributed by atoms with Crippen LogP contribution in [0, 0.1) is 0 Å². The van der Waals surface area contributed by atoms with E-state index in [1.54, 1.807) is 30.3 Å². The summed E-state index contributed by atoms with van der Waals surface area (Å²) < 4.78 is 28.9. The number of nitrogens with one attached hydrogen (secondary N) is 2. The summed E-state index contributed by atoms with van der Waals surface area (Å²) in [4.78, 5) is 28.7. The quantitative estimate of drug-likeness (QED) is 0.596. The van der Waals surface area contributed by atoms with E-state index in [0.717, 1.165) is 38.9 Å². The molecule has 0 radical (unpaired) electrons. The number of hydrogen-bond acceptors (Lipinski definition) is 6. The number of alkyl halides is 2. The maximum absolute atomic E-state index is 14.4. The van der Waals surface area contributed by atoms with Gasteiger partial charge in [0.1, 0.15) is 0 Å². The van der Waals surface area contributed by atoms with Gasteiger partial charge < -0.3 is 15.5 Å². The van der Waals surface area contributed by atoms with Crippen molar-refractivity contribution in [1.82, 2.24) is 35.4 Å². The largest absolute Gasteiger partial charge is 0.423 e. The van der Waals surface area contributed by atoms with Crippen LogP contribution in [0.5, 0.6) is 0 Å². The van der Waals surface area contributed by atoms with Crippen LogP contribution in [0.2, 0.25) is 0 Å². The Morgan fingerprint density at radius 1 is 1.06 bits per heavy atom. The molecular weight excluding hydrogens is 408 g/mol. The van der Waals surface area contributed by atoms with Crippen LogP contribution < -0.4 is 10.6 Å². The third kappa shape index (κ3) is 6.05. The minimum atomic E-state index is -3.97. The first kappa shape index (κ1) is 22.8. The second-order valence-corrected chi connectivity index (χ2v) is 7.29. The fourth-order valence-corrected chi connectivity index (χ4v) is 3.24. The van der Waals surface area contributed by atoms with E-state index in [1.807, 2.05) is 0 Å². The molecule has 11 heteroatoms. The van der Waals surface area contributed by atoms with Crippen molar-refractivity contribution in [3.63, 3.8) is 0 Å². The Bertz CT molecular complexity index is 867. The molecule has 31 heavy (non-hydrogen) atoms. The number of carbonyl (C=O) groups excluding carboxylic acids is 2. The Labute approximate surface area is 179 Å². The van der Waals surface area contributed by atoms with E-state index in [-0.39, 0.29) is 16.9 Å². The molecule has 1 saturated heterocycles. The molecule has 168 valence electrons. The third-order valence-electron chi connectivity index (χ3n) is 5.21. The number of nitrogens with zero attached hydrogens (tertiary/aromatic N) is 5. The Morgan fingerprint density at radius 3 is 2.42 bits per heavy atom. The summed E-state index contributed by atoms with van der Waals surface area (Å²) >= 11 is 0. The van der Waals surface area contributed by atoms with Gasteiger partial charge in [-0.1, -0.05) is 42.5 Å². The summed E-state index contributed by atoms with van der Waals surface area (Å²) in [5.41, 5.74) is 0.410. The molecule has 1 aliphatic heterocycles. The van der Waals surface area contributed by atoms with Crippen LogP contribution in [-0.2, 0) is 17.4 Å². The van der Waals surface area contributed by atoms with Crippen LogP contribution in [0.4, 0.5) is 8.78 Å². The van der Waals surface area contributed by atoms with Gasteiger partial charge in [0.2, 0.25) is 0 Å². The maximum Gasteiger partial charge on any atom is 0.423 e. The second kappa shape index (κ2) is 10.4. The molecule has 2 aromatic rings. The number of halogens is 2. The van der Waals surface area contributed by atoms with Crippen LogP contribution in [0.3, 0.4) is 0 Å². The van der Waals surface area contributed by atoms with Crippen molar-refractivity contribution in [2.45, 2.75) is 19.5 Å². The van der Waals surface area contributed by atoms with Gasteiger partial charge in [0.15, 0.2) is 5.69 Å². The molecule has 1 aromatic carbocycles. The molecule has 3 rings (SSSR count). The van der Waals surface area contributed by atoms with Gasteiger partial charge in [-0.2, -0.15) is 13.5 Å². The van der Waals surface area contributed by atoms with Crippen LogP contribution in [-0.4, -0.2) is 82.4 Å². The first-order chi connectivity index (χ1) is 14.9. The molecule has 0 spiro atoms. The molecular formula is C20H27F2N7O2. The summed E-state index contributed by atoms with van der Waals surface area (Å²) in [6.45, 7) is 7.94. The fourth-order valence-electron chi connectivity index (χ4n) is 3.24. The highest BCUT2D eigenvalue weighted by Crippen LogP contribution is 2.20. The number of amides is 2. The van der Waals surface area contributed by atoms with Gasteiger partial charge in [0.05, 0.1) is 6.20 Å². The summed E-state index contributed by atoms with van der Waals surface area (Å²) in [5, 5.41) is 11.6. The number of likely N-dealkylation sites (N-methyl/N-ethyl adjacent to an activating group) is 1. The first-order valence-electron chi connectivity index (χ1n) is 10.3. The molecule has 1 aliphatic rings. The lowest BCUT2D eigenvalue weighted by Gasteiger charge is -2.33. The molecule has 2 amide bonds. The third-order valence-corrected chi connectivity index (χ3v) is 5.21. The van der Waals surface area contributed by atoms with E-state index < -0.39 is 17.9 Å². The van der Waals surface area contributed by atoms with Crippen LogP contribution in [0.15, 0.2) is 36.5 Å². The Balaban J connectivity index is 1.47. The standard InChI is InChI=1S/C20H27F2N7O2/c1-2-27-10-12-28(13-11-27)9-8-23-18(30)17-15-29(26-25-17)20(21,22)19(31)24-14-16-6-4-3-5-7-16/h3-7,15H,2,8-14H2,1H3,(H,23,30)(H,24,31). The van der Waals surface area contributed by atoms with E-state index in [4.69, 9.17) is 0 Å². The van der Waals surface area contributed by atoms with Gasteiger partial charge >= 0.3 is 12.0 Å². The van der Waals surface area contributed by atoms with Crippen LogP contribution in [0.25, 0.3) is 0 Å². The lowest BCUT2D eigenvalue weighted by molar-refractivity contribution is -0.164. The molecule has 0 atom stereocenters. The Kier molecular flexibility index (Phi) is 7.64. The Morgan fingerprint density at radius 2 is 1.74 bits per heavy atom. The molecule has 0 aliphatic carbocycles. The molecule has 0 saturated carbocycles. The van der Waals surface area contributed by atoms with E-state index in [2.05, 4.69) is 37.7 Å². The summed E-state index contributed by atoms with van der Waals surface area (Å²) in [7, 11) is 0. The zero-order valence-corrected chi connectivity index (χ0v) is 17.4. The lowest BCUT2D eigenvalue weighted by Crippen LogP contribution is -2.48. The number of hydrogen-bond donors (Lipinski definition) is 2. The van der Waals surface area contributed by atoms with Crippen molar-refractivity contribution in [2.24, 2.45) is 0 Å². The van der Waals surface area contributed by atoms with Crippen molar-refractivity contribution >= 4 is 11.8 Å². The molecule has 2 N–H and O–H groups in total. The molecule has 9 nitrogen and oxygen atoms in total. The zero-order valence-electron chi connectivity index (χ0n) is 17.4. The molecule has 0 bridgehead atoms. The van der Waals surface area contributed by atoms with E-state index >= 15 is 0 Å². The highest BCUT2D eigenvalue weighted by atomic mass is 19.3. The predicted octanol–water partition coefficient (Wildman–Crippen LogP) is 0.511. The van der Waals surface area contributed by atoms with E-state index in [0.29, 0.717) is 18.7 Å². The Hall–Kier alpha value is -2.92. The summed E-state index contributed by atoms with van der Waals surface area (Å²) in [5.74, 6) is -2.14. The zero-order chi connectivity index (χ0) is 22.3. The van der Waals surface area contributed by atoms with Crippen molar-refractivity contribution < 1.29 is 18.4 Å². The fraction of sp³-hybridized carbons (Fsp3) is 0.500. The van der Waals surface area contributed by atoms with Gasteiger partial charge in [-0.05, 0) is 12.1 Å². The number of aromatic nitrogens is 3. The maximum atomic E-state index is 14.4. The van der Waals surface area contributed by atoms with E-state index in [9.17, 15) is 18.4 Å². The highest BCUT2D eigenvalue weighted by molar-refractivity contribution is 5.92. The van der Waals surface area contributed by atoms with Gasteiger partial charge in [0.25, 0.3) is 5.91 Å². The average Bonchev–Trinajstić information content (AvgIpc) is 3.30. The predicted molar refractivity (Wildman–Crippen MR) is 109 cm³/mol. The van der Waals surface area contributed by atoms with Crippen LogP contribution >= 0.6 is 0 Å². The highest BCUT2D eigenvalue weighted by Gasteiger charge is 2.42. The van der Waals surface area contributed by atoms with Crippen molar-refractivity contribution in [2.75, 3.05) is 45.8 Å². The minimum absolute atomic E-state index is 0.0518. The minimum Gasteiger partial charge on any atom is -0.349 e. The lowest BCUT2D eigenvalue weighted by atomic mass is 10.2. The van der Waals surface area contributed by atoms with E-state index in [1.165, 1.54) is 0 Å². The van der Waals surface area contributed by atoms with Gasteiger partial charge in [-0.15, -0.1) is 5.10 Å². The van der Waals surface area contributed by atoms with Gasteiger partial charge in [0, 0.05) is 45.8 Å². The van der Waals surface area contributed by atoms with Crippen molar-refractivity contribution in [3.8, 4) is 0 Å². The molecule has 0 unspecified atom stereocenters. The SMILES string of the molecule is CCN1CCN(CCNC(=O)c2cn(C(F)(F)C(=O)NCc3ccccc3)nn2)CC1. The molecule has 1 fully saturated rings. The normalized spacial score (nSPS) is 15.6. The monoisotopic (exact) mass is 435 g/mol. The average molecular weight is 435 g/mol. The molecule has 1 aromatic heterocycles. The van der Waals surface area contributed by atoms with Gasteiger partial charge in [-0.25, -0.2) is 0 Å². The second-order valence-electron chi connectivity index (χ2n) is 7.29. The van der Waals surface area contributed by atoms with Crippen molar-refractivity contribution in [1.29, 1.82) is 0 Å². The van der Waals surface area contributed by atoms with Crippen molar-refractivity contribution in [3.05, 3.63) is 47.8 Å².